The van der Waals surface area contributed by atoms with Crippen LogP contribution in [-0.4, -0.2) is 57.7 Å². The molecule has 2 N–H and O–H groups in total. The minimum atomic E-state index is -0.476. The van der Waals surface area contributed by atoms with E-state index in [1.54, 1.807) is 7.11 Å². The molecule has 0 radical (unpaired) electrons. The van der Waals surface area contributed by atoms with E-state index >= 15 is 0 Å². The van der Waals surface area contributed by atoms with Crippen molar-refractivity contribution in [2.45, 2.75) is 6.10 Å². The SMILES string of the molecule is COc1ccc(N2CC[NH+](C[C@@H](O)COc3ccc(-c4ccccc4)cc3)CC2)cc1. The number of methoxy groups -OCH3 is 1. The number of aliphatic hydroxyl groups excluding tert-OH is 1. The van der Waals surface area contributed by atoms with Crippen LogP contribution < -0.4 is 19.3 Å². The van der Waals surface area contributed by atoms with E-state index in [9.17, 15) is 5.11 Å². The maximum Gasteiger partial charge on any atom is 0.137 e. The molecule has 1 atom stereocenters. The zero-order chi connectivity index (χ0) is 21.5. The number of piperazine rings is 1. The molecule has 1 fully saturated rings. The molecule has 5 nitrogen and oxygen atoms in total. The van der Waals surface area contributed by atoms with Gasteiger partial charge in [0.05, 0.1) is 33.3 Å². The van der Waals surface area contributed by atoms with Crippen molar-refractivity contribution in [3.63, 3.8) is 0 Å². The third-order valence-corrected chi connectivity index (χ3v) is 5.84. The molecular weight excluding hydrogens is 388 g/mol. The second kappa shape index (κ2) is 10.3. The fourth-order valence-corrected chi connectivity index (χ4v) is 4.04. The van der Waals surface area contributed by atoms with Gasteiger partial charge in [-0.25, -0.2) is 0 Å². The summed E-state index contributed by atoms with van der Waals surface area (Å²) < 4.78 is 11.1. The Morgan fingerprint density at radius 2 is 1.45 bits per heavy atom. The molecule has 0 aromatic heterocycles. The zero-order valence-electron chi connectivity index (χ0n) is 18.0. The summed E-state index contributed by atoms with van der Waals surface area (Å²) in [4.78, 5) is 3.81. The van der Waals surface area contributed by atoms with Gasteiger partial charge < -0.3 is 24.4 Å². The molecule has 162 valence electrons. The molecule has 1 aliphatic heterocycles. The monoisotopic (exact) mass is 419 g/mol. The normalized spacial score (nSPS) is 15.5. The van der Waals surface area contributed by atoms with E-state index in [2.05, 4.69) is 41.3 Å². The highest BCUT2D eigenvalue weighted by Crippen LogP contribution is 2.22. The number of quaternary nitrogens is 1. The number of hydrogen-bond donors (Lipinski definition) is 2. The first-order valence-electron chi connectivity index (χ1n) is 10.9. The van der Waals surface area contributed by atoms with Gasteiger partial charge in [0.25, 0.3) is 0 Å². The van der Waals surface area contributed by atoms with Crippen molar-refractivity contribution in [2.75, 3.05) is 51.3 Å². The molecule has 0 bridgehead atoms. The minimum absolute atomic E-state index is 0.316. The molecule has 0 unspecified atom stereocenters. The molecule has 0 saturated carbocycles. The lowest BCUT2D eigenvalue weighted by Crippen LogP contribution is -3.16. The van der Waals surface area contributed by atoms with Gasteiger partial charge in [-0.1, -0.05) is 42.5 Å². The second-order valence-electron chi connectivity index (χ2n) is 7.99. The van der Waals surface area contributed by atoms with E-state index in [0.29, 0.717) is 13.2 Å². The molecule has 0 amide bonds. The van der Waals surface area contributed by atoms with Crippen molar-refractivity contribution in [2.24, 2.45) is 0 Å². The van der Waals surface area contributed by atoms with Crippen LogP contribution in [-0.2, 0) is 0 Å². The van der Waals surface area contributed by atoms with Gasteiger partial charge in [-0.15, -0.1) is 0 Å². The summed E-state index contributed by atoms with van der Waals surface area (Å²) in [6.07, 6.45) is -0.476. The van der Waals surface area contributed by atoms with Crippen LogP contribution in [0.1, 0.15) is 0 Å². The molecule has 0 aliphatic carbocycles. The van der Waals surface area contributed by atoms with E-state index < -0.39 is 6.10 Å². The van der Waals surface area contributed by atoms with Crippen LogP contribution >= 0.6 is 0 Å². The van der Waals surface area contributed by atoms with Gasteiger partial charge in [-0.2, -0.15) is 0 Å². The molecule has 31 heavy (non-hydrogen) atoms. The van der Waals surface area contributed by atoms with Crippen LogP contribution in [0.25, 0.3) is 11.1 Å². The Labute approximate surface area is 184 Å². The van der Waals surface area contributed by atoms with E-state index in [1.165, 1.54) is 16.2 Å². The number of anilines is 1. The van der Waals surface area contributed by atoms with Crippen LogP contribution in [0.4, 0.5) is 5.69 Å². The van der Waals surface area contributed by atoms with Gasteiger partial charge in [-0.3, -0.25) is 0 Å². The molecule has 3 aromatic rings. The summed E-state index contributed by atoms with van der Waals surface area (Å²) in [5, 5.41) is 10.5. The largest absolute Gasteiger partial charge is 0.497 e. The van der Waals surface area contributed by atoms with E-state index in [1.807, 2.05) is 42.5 Å². The number of nitrogens with zero attached hydrogens (tertiary/aromatic N) is 1. The third-order valence-electron chi connectivity index (χ3n) is 5.84. The minimum Gasteiger partial charge on any atom is -0.497 e. The van der Waals surface area contributed by atoms with Crippen LogP contribution in [0.15, 0.2) is 78.9 Å². The summed E-state index contributed by atoms with van der Waals surface area (Å²) >= 11 is 0. The van der Waals surface area contributed by atoms with E-state index in [4.69, 9.17) is 9.47 Å². The fraction of sp³-hybridized carbons (Fsp3) is 0.308. The van der Waals surface area contributed by atoms with Crippen LogP contribution in [0.3, 0.4) is 0 Å². The van der Waals surface area contributed by atoms with Crippen LogP contribution in [0.5, 0.6) is 11.5 Å². The highest BCUT2D eigenvalue weighted by molar-refractivity contribution is 5.63. The molecule has 0 spiro atoms. The Hall–Kier alpha value is -3.02. The van der Waals surface area contributed by atoms with Crippen LogP contribution in [0, 0.1) is 0 Å². The van der Waals surface area contributed by atoms with E-state index in [0.717, 1.165) is 43.2 Å². The van der Waals surface area contributed by atoms with Crippen LogP contribution in [0.2, 0.25) is 0 Å². The summed E-state index contributed by atoms with van der Waals surface area (Å²) in [5.41, 5.74) is 3.57. The van der Waals surface area contributed by atoms with Gasteiger partial charge in [-0.05, 0) is 47.5 Å². The Morgan fingerprint density at radius 3 is 2.10 bits per heavy atom. The molecule has 3 aromatic carbocycles. The Morgan fingerprint density at radius 1 is 0.839 bits per heavy atom. The van der Waals surface area contributed by atoms with Crippen molar-refractivity contribution < 1.29 is 19.5 Å². The van der Waals surface area contributed by atoms with Gasteiger partial charge >= 0.3 is 0 Å². The lowest BCUT2D eigenvalue weighted by Gasteiger charge is -2.34. The van der Waals surface area contributed by atoms with Crippen molar-refractivity contribution >= 4 is 5.69 Å². The molecule has 1 saturated heterocycles. The predicted molar refractivity (Wildman–Crippen MR) is 124 cm³/mol. The number of ether oxygens (including phenoxy) is 2. The lowest BCUT2D eigenvalue weighted by molar-refractivity contribution is -0.903. The van der Waals surface area contributed by atoms with Gasteiger partial charge in [0, 0.05) is 5.69 Å². The Kier molecular flexibility index (Phi) is 7.07. The van der Waals surface area contributed by atoms with Gasteiger partial charge in [0.15, 0.2) is 0 Å². The summed E-state index contributed by atoms with van der Waals surface area (Å²) in [6.45, 7) is 5.00. The third kappa shape index (κ3) is 5.78. The average molecular weight is 420 g/mol. The number of hydrogen-bond acceptors (Lipinski definition) is 4. The summed E-state index contributed by atoms with van der Waals surface area (Å²) in [5.74, 6) is 1.67. The molecule has 1 aliphatic rings. The molecular formula is C26H31N2O3+. The predicted octanol–water partition coefficient (Wildman–Crippen LogP) is 2.51. The Bertz CT molecular complexity index is 921. The number of benzene rings is 3. The highest BCUT2D eigenvalue weighted by atomic mass is 16.5. The summed E-state index contributed by atoms with van der Waals surface area (Å²) in [6, 6.07) is 26.5. The molecule has 4 rings (SSSR count). The topological polar surface area (TPSA) is 46.4 Å². The lowest BCUT2D eigenvalue weighted by atomic mass is 10.1. The number of rotatable bonds is 8. The highest BCUT2D eigenvalue weighted by Gasteiger charge is 2.23. The Balaban J connectivity index is 1.20. The maximum atomic E-state index is 10.5. The second-order valence-corrected chi connectivity index (χ2v) is 7.99. The van der Waals surface area contributed by atoms with Crippen molar-refractivity contribution in [3.05, 3.63) is 78.9 Å². The standard InChI is InChI=1S/C26H30N2O3/c1-30-25-13-9-23(10-14-25)28-17-15-27(16-18-28)19-24(29)20-31-26-11-7-22(8-12-26)21-5-3-2-4-6-21/h2-14,24,29H,15-20H2,1H3/p+1/t24-/m1/s1. The average Bonchev–Trinajstić information content (AvgIpc) is 2.84. The van der Waals surface area contributed by atoms with E-state index in [-0.39, 0.29) is 0 Å². The zero-order valence-corrected chi connectivity index (χ0v) is 18.0. The number of aliphatic hydroxyl groups is 1. The van der Waals surface area contributed by atoms with Gasteiger partial charge in [0.2, 0.25) is 0 Å². The van der Waals surface area contributed by atoms with Crippen molar-refractivity contribution in [1.29, 1.82) is 0 Å². The first-order valence-corrected chi connectivity index (χ1v) is 10.9. The maximum absolute atomic E-state index is 10.5. The van der Waals surface area contributed by atoms with Gasteiger partial charge in [0.1, 0.15) is 30.8 Å². The summed E-state index contributed by atoms with van der Waals surface area (Å²) in [7, 11) is 1.69. The first-order chi connectivity index (χ1) is 15.2. The number of nitrogens with one attached hydrogen (secondary N) is 1. The van der Waals surface area contributed by atoms with Crippen molar-refractivity contribution in [3.8, 4) is 22.6 Å². The quantitative estimate of drug-likeness (QED) is 0.589. The smallest absolute Gasteiger partial charge is 0.137 e. The molecule has 1 heterocycles. The van der Waals surface area contributed by atoms with Crippen molar-refractivity contribution in [1.82, 2.24) is 0 Å². The fourth-order valence-electron chi connectivity index (χ4n) is 4.04. The molecule has 5 heteroatoms. The first kappa shape index (κ1) is 21.2.